The summed E-state index contributed by atoms with van der Waals surface area (Å²) in [6.07, 6.45) is 5.60. The molecule has 1 fully saturated rings. The lowest BCUT2D eigenvalue weighted by Crippen LogP contribution is -2.30. The number of carbonyl (C=O) groups is 1. The van der Waals surface area contributed by atoms with E-state index in [4.69, 9.17) is 5.11 Å². The monoisotopic (exact) mass is 290 g/mol. The van der Waals surface area contributed by atoms with Gasteiger partial charge in [-0.15, -0.1) is 0 Å². The summed E-state index contributed by atoms with van der Waals surface area (Å²) in [5.41, 5.74) is 2.01. The summed E-state index contributed by atoms with van der Waals surface area (Å²) in [6, 6.07) is 7.89. The third kappa shape index (κ3) is 5.86. The van der Waals surface area contributed by atoms with E-state index in [1.54, 1.807) is 0 Å². The highest BCUT2D eigenvalue weighted by molar-refractivity contribution is 5.90. The molecule has 1 aliphatic rings. The van der Waals surface area contributed by atoms with Gasteiger partial charge in [0.2, 0.25) is 5.91 Å². The van der Waals surface area contributed by atoms with Crippen molar-refractivity contribution in [3.05, 3.63) is 29.8 Å². The largest absolute Gasteiger partial charge is 0.396 e. The molecule has 0 aromatic heterocycles. The third-order valence-corrected chi connectivity index (χ3v) is 4.01. The van der Waals surface area contributed by atoms with Crippen LogP contribution in [0.1, 0.15) is 37.7 Å². The van der Waals surface area contributed by atoms with Crippen LogP contribution >= 0.6 is 0 Å². The second-order valence-corrected chi connectivity index (χ2v) is 5.83. The Balaban J connectivity index is 1.76. The van der Waals surface area contributed by atoms with Crippen LogP contribution in [0.25, 0.3) is 0 Å². The van der Waals surface area contributed by atoms with Crippen molar-refractivity contribution >= 4 is 11.6 Å². The molecule has 1 heterocycles. The van der Waals surface area contributed by atoms with Crippen molar-refractivity contribution in [3.63, 3.8) is 0 Å². The highest BCUT2D eigenvalue weighted by Crippen LogP contribution is 2.17. The zero-order valence-corrected chi connectivity index (χ0v) is 12.6. The van der Waals surface area contributed by atoms with E-state index in [1.807, 2.05) is 24.3 Å². The van der Waals surface area contributed by atoms with Gasteiger partial charge in [0.25, 0.3) is 0 Å². The molecule has 0 aliphatic carbocycles. The maximum absolute atomic E-state index is 12.0. The second-order valence-electron chi connectivity index (χ2n) is 5.83. The molecule has 1 atom stereocenters. The van der Waals surface area contributed by atoms with Crippen molar-refractivity contribution in [3.8, 4) is 0 Å². The number of benzene rings is 1. The molecule has 3 N–H and O–H groups in total. The molecule has 1 saturated heterocycles. The van der Waals surface area contributed by atoms with Crippen LogP contribution in [-0.4, -0.2) is 30.7 Å². The minimum atomic E-state index is 0.0971. The average molecular weight is 290 g/mol. The summed E-state index contributed by atoms with van der Waals surface area (Å²) in [6.45, 7) is 2.36. The van der Waals surface area contributed by atoms with Crippen LogP contribution in [0.15, 0.2) is 24.3 Å². The Bertz CT molecular complexity index is 442. The maximum Gasteiger partial charge on any atom is 0.224 e. The predicted molar refractivity (Wildman–Crippen MR) is 85.3 cm³/mol. The first-order valence-electron chi connectivity index (χ1n) is 7.98. The number of nitrogens with one attached hydrogen (secondary N) is 2. The number of hydrogen-bond donors (Lipinski definition) is 3. The Morgan fingerprint density at radius 1 is 1.43 bits per heavy atom. The Labute approximate surface area is 126 Å². The van der Waals surface area contributed by atoms with Crippen molar-refractivity contribution in [2.45, 2.75) is 38.5 Å². The number of rotatable bonds is 7. The zero-order valence-electron chi connectivity index (χ0n) is 12.6. The topological polar surface area (TPSA) is 61.4 Å². The number of amides is 1. The first-order chi connectivity index (χ1) is 10.3. The van der Waals surface area contributed by atoms with Gasteiger partial charge in [-0.05, 0) is 68.8 Å². The molecule has 2 rings (SSSR count). The molecule has 1 amide bonds. The smallest absolute Gasteiger partial charge is 0.224 e. The van der Waals surface area contributed by atoms with Crippen LogP contribution in [0.5, 0.6) is 0 Å². The first kappa shape index (κ1) is 16.0. The number of aryl methyl sites for hydroxylation is 1. The van der Waals surface area contributed by atoms with Crippen LogP contribution < -0.4 is 10.6 Å². The Hall–Kier alpha value is -1.39. The number of aliphatic hydroxyl groups excluding tert-OH is 1. The molecule has 0 saturated carbocycles. The average Bonchev–Trinajstić information content (AvgIpc) is 2.52. The maximum atomic E-state index is 12.0. The lowest BCUT2D eigenvalue weighted by atomic mass is 9.94. The van der Waals surface area contributed by atoms with Crippen molar-refractivity contribution in [1.29, 1.82) is 0 Å². The van der Waals surface area contributed by atoms with Crippen molar-refractivity contribution < 1.29 is 9.90 Å². The fraction of sp³-hybridized carbons (Fsp3) is 0.588. The number of piperidine rings is 1. The fourth-order valence-electron chi connectivity index (χ4n) is 2.82. The quantitative estimate of drug-likeness (QED) is 0.722. The number of carbonyl (C=O) groups excluding carboxylic acids is 1. The highest BCUT2D eigenvalue weighted by atomic mass is 16.2. The van der Waals surface area contributed by atoms with Gasteiger partial charge >= 0.3 is 0 Å². The Morgan fingerprint density at radius 3 is 3.10 bits per heavy atom. The number of aliphatic hydroxyl groups is 1. The fourth-order valence-corrected chi connectivity index (χ4v) is 2.82. The molecule has 21 heavy (non-hydrogen) atoms. The van der Waals surface area contributed by atoms with E-state index in [1.165, 1.54) is 12.8 Å². The lowest BCUT2D eigenvalue weighted by Gasteiger charge is -2.22. The van der Waals surface area contributed by atoms with Crippen LogP contribution in [-0.2, 0) is 11.2 Å². The molecular weight excluding hydrogens is 264 g/mol. The van der Waals surface area contributed by atoms with Gasteiger partial charge in [-0.3, -0.25) is 4.79 Å². The van der Waals surface area contributed by atoms with Crippen molar-refractivity contribution in [2.24, 2.45) is 5.92 Å². The number of anilines is 1. The van der Waals surface area contributed by atoms with E-state index in [2.05, 4.69) is 10.6 Å². The predicted octanol–water partition coefficient (Wildman–Crippen LogP) is 2.33. The van der Waals surface area contributed by atoms with Crippen LogP contribution in [0.3, 0.4) is 0 Å². The van der Waals surface area contributed by atoms with Gasteiger partial charge in [-0.2, -0.15) is 0 Å². The van der Waals surface area contributed by atoms with E-state index in [9.17, 15) is 4.79 Å². The summed E-state index contributed by atoms with van der Waals surface area (Å²) < 4.78 is 0. The minimum absolute atomic E-state index is 0.0971. The van der Waals surface area contributed by atoms with E-state index >= 15 is 0 Å². The lowest BCUT2D eigenvalue weighted by molar-refractivity contribution is -0.116. The van der Waals surface area contributed by atoms with E-state index in [0.29, 0.717) is 12.3 Å². The summed E-state index contributed by atoms with van der Waals surface area (Å²) in [5, 5.41) is 15.2. The molecule has 1 aromatic carbocycles. The summed E-state index contributed by atoms with van der Waals surface area (Å²) >= 11 is 0. The normalized spacial score (nSPS) is 18.4. The van der Waals surface area contributed by atoms with Gasteiger partial charge in [0.15, 0.2) is 0 Å². The molecule has 1 aromatic rings. The highest BCUT2D eigenvalue weighted by Gasteiger charge is 2.14. The molecule has 0 bridgehead atoms. The van der Waals surface area contributed by atoms with Crippen LogP contribution in [0, 0.1) is 5.92 Å². The minimum Gasteiger partial charge on any atom is -0.396 e. The molecule has 4 heteroatoms. The molecule has 116 valence electrons. The van der Waals surface area contributed by atoms with Gasteiger partial charge in [-0.25, -0.2) is 0 Å². The van der Waals surface area contributed by atoms with Gasteiger partial charge in [0.1, 0.15) is 0 Å². The summed E-state index contributed by atoms with van der Waals surface area (Å²) in [4.78, 5) is 12.0. The van der Waals surface area contributed by atoms with E-state index in [0.717, 1.165) is 43.6 Å². The van der Waals surface area contributed by atoms with Crippen LogP contribution in [0.4, 0.5) is 5.69 Å². The molecule has 0 spiro atoms. The summed E-state index contributed by atoms with van der Waals surface area (Å²) in [7, 11) is 0. The first-order valence-corrected chi connectivity index (χ1v) is 7.98. The molecule has 1 unspecified atom stereocenters. The van der Waals surface area contributed by atoms with Gasteiger partial charge in [0, 0.05) is 18.7 Å². The van der Waals surface area contributed by atoms with Gasteiger partial charge < -0.3 is 15.7 Å². The number of hydrogen-bond acceptors (Lipinski definition) is 3. The van der Waals surface area contributed by atoms with E-state index in [-0.39, 0.29) is 12.5 Å². The standard InChI is InChI=1S/C17H26N2O2/c20-11-3-6-14-4-1-7-16(12-14)19-17(21)9-8-15-5-2-10-18-13-15/h1,4,7,12,15,18,20H,2-3,5-6,8-11,13H2,(H,19,21). The van der Waals surface area contributed by atoms with E-state index < -0.39 is 0 Å². The molecule has 1 aliphatic heterocycles. The Morgan fingerprint density at radius 2 is 2.33 bits per heavy atom. The SMILES string of the molecule is O=C(CCC1CCCNC1)Nc1cccc(CCCO)c1. The Kier molecular flexibility index (Phi) is 6.70. The van der Waals surface area contributed by atoms with Gasteiger partial charge in [-0.1, -0.05) is 12.1 Å². The zero-order chi connectivity index (χ0) is 14.9. The van der Waals surface area contributed by atoms with Crippen LogP contribution in [0.2, 0.25) is 0 Å². The summed E-state index contributed by atoms with van der Waals surface area (Å²) in [5.74, 6) is 0.736. The molecular formula is C17H26N2O2. The second kappa shape index (κ2) is 8.80. The molecule has 4 nitrogen and oxygen atoms in total. The van der Waals surface area contributed by atoms with Gasteiger partial charge in [0.05, 0.1) is 0 Å². The van der Waals surface area contributed by atoms with Crippen molar-refractivity contribution in [2.75, 3.05) is 25.0 Å². The van der Waals surface area contributed by atoms with Crippen molar-refractivity contribution in [1.82, 2.24) is 5.32 Å². The molecule has 0 radical (unpaired) electrons. The third-order valence-electron chi connectivity index (χ3n) is 4.01.